The van der Waals surface area contributed by atoms with Gasteiger partial charge in [-0.05, 0) is 72.5 Å². The monoisotopic (exact) mass is 621 g/mol. The van der Waals surface area contributed by atoms with Gasteiger partial charge in [0.1, 0.15) is 11.5 Å². The number of fused-ring (bicyclic) bond motifs is 1. The van der Waals surface area contributed by atoms with Crippen molar-refractivity contribution in [1.29, 1.82) is 0 Å². The first-order valence-electron chi connectivity index (χ1n) is 15.3. The fourth-order valence-corrected chi connectivity index (χ4v) is 6.67. The fraction of sp³-hybridized carbons (Fsp3) is 0.278. The van der Waals surface area contributed by atoms with E-state index in [2.05, 4.69) is 60.3 Å². The predicted octanol–water partition coefficient (Wildman–Crippen LogP) is 7.90. The van der Waals surface area contributed by atoms with Crippen LogP contribution in [0.15, 0.2) is 67.7 Å². The molecular weight excluding hydrogens is 582 g/mol. The van der Waals surface area contributed by atoms with Gasteiger partial charge in [-0.3, -0.25) is 14.8 Å². The van der Waals surface area contributed by atoms with Crippen molar-refractivity contribution in [3.63, 3.8) is 0 Å². The number of aromatic amines is 2. The number of benzene rings is 1. The lowest BCUT2D eigenvalue weighted by Crippen LogP contribution is -2.09. The van der Waals surface area contributed by atoms with Gasteiger partial charge in [0.2, 0.25) is 0 Å². The lowest BCUT2D eigenvalue weighted by Gasteiger charge is -2.21. The first-order valence-corrected chi connectivity index (χ1v) is 17.7. The molecule has 1 aromatic carbocycles. The van der Waals surface area contributed by atoms with E-state index < -0.39 is 9.39 Å². The van der Waals surface area contributed by atoms with Gasteiger partial charge in [0, 0.05) is 47.5 Å². The molecule has 3 N–H and O–H groups in total. The zero-order valence-corrected chi connectivity index (χ0v) is 26.8. The third-order valence-corrected chi connectivity index (χ3v) is 9.18. The van der Waals surface area contributed by atoms with Crippen LogP contribution < -0.4 is 4.72 Å². The van der Waals surface area contributed by atoms with Crippen molar-refractivity contribution in [2.45, 2.75) is 52.0 Å². The summed E-state index contributed by atoms with van der Waals surface area (Å²) in [5.74, 6) is 9.16. The predicted molar refractivity (Wildman–Crippen MR) is 188 cm³/mol. The van der Waals surface area contributed by atoms with Crippen LogP contribution in [0.4, 0.5) is 4.39 Å². The SMILES string of the molecule is C=C/C=C(/c1cc(F)cc(CNS(=C)(=C)C)c1)c1nc(-c2[nH]nc3ncc(-c4cncc(CC5CCCCC5)c4)cc23)[nH]c1C. The molecule has 9 heteroatoms. The number of rotatable bonds is 10. The highest BCUT2D eigenvalue weighted by molar-refractivity contribution is 8.25. The number of allylic oxidation sites excluding steroid dienone is 2. The van der Waals surface area contributed by atoms with E-state index in [1.807, 2.05) is 43.9 Å². The summed E-state index contributed by atoms with van der Waals surface area (Å²) in [6.07, 6.45) is 18.9. The molecule has 6 rings (SSSR count). The van der Waals surface area contributed by atoms with Crippen LogP contribution in [0.3, 0.4) is 0 Å². The number of imidazole rings is 1. The first kappa shape index (κ1) is 30.7. The zero-order chi connectivity index (χ0) is 31.6. The molecule has 0 saturated heterocycles. The molecule has 1 saturated carbocycles. The quantitative estimate of drug-likeness (QED) is 0.109. The van der Waals surface area contributed by atoms with Gasteiger partial charge >= 0.3 is 0 Å². The zero-order valence-electron chi connectivity index (χ0n) is 26.0. The third kappa shape index (κ3) is 7.16. The molecule has 0 aliphatic heterocycles. The smallest absolute Gasteiger partial charge is 0.181 e. The van der Waals surface area contributed by atoms with E-state index >= 15 is 0 Å². The normalized spacial score (nSPS) is 14.7. The van der Waals surface area contributed by atoms with Gasteiger partial charge in [-0.15, -0.1) is 0 Å². The summed E-state index contributed by atoms with van der Waals surface area (Å²) in [7, 11) is -1.45. The summed E-state index contributed by atoms with van der Waals surface area (Å²) in [6.45, 7) is 6.32. The Morgan fingerprint density at radius 1 is 1.04 bits per heavy atom. The lowest BCUT2D eigenvalue weighted by molar-refractivity contribution is 0.356. The van der Waals surface area contributed by atoms with Gasteiger partial charge in [-0.2, -0.15) is 14.5 Å². The second kappa shape index (κ2) is 12.9. The largest absolute Gasteiger partial charge is 0.340 e. The Morgan fingerprint density at radius 2 is 1.84 bits per heavy atom. The molecule has 232 valence electrons. The number of aryl methyl sites for hydroxylation is 1. The summed E-state index contributed by atoms with van der Waals surface area (Å²) in [6, 6.07) is 9.34. The molecule has 1 fully saturated rings. The second-order valence-electron chi connectivity index (χ2n) is 12.3. The van der Waals surface area contributed by atoms with Crippen molar-refractivity contribution in [3.05, 3.63) is 102 Å². The maximum atomic E-state index is 14.8. The second-order valence-corrected chi connectivity index (χ2v) is 15.1. The molecule has 1 aliphatic carbocycles. The van der Waals surface area contributed by atoms with Gasteiger partial charge < -0.3 is 4.98 Å². The van der Waals surface area contributed by atoms with Crippen LogP contribution in [0.1, 0.15) is 60.2 Å². The average molecular weight is 622 g/mol. The molecule has 0 amide bonds. The molecule has 7 nitrogen and oxygen atoms in total. The molecule has 0 unspecified atom stereocenters. The van der Waals surface area contributed by atoms with Crippen LogP contribution in [0.25, 0.3) is 39.3 Å². The molecule has 0 spiro atoms. The minimum atomic E-state index is -1.45. The summed E-state index contributed by atoms with van der Waals surface area (Å²) in [5, 5.41) is 8.45. The third-order valence-electron chi connectivity index (χ3n) is 8.34. The van der Waals surface area contributed by atoms with E-state index in [9.17, 15) is 4.39 Å². The van der Waals surface area contributed by atoms with E-state index in [-0.39, 0.29) is 5.82 Å². The van der Waals surface area contributed by atoms with E-state index in [0.717, 1.165) is 51.4 Å². The molecule has 0 radical (unpaired) electrons. The van der Waals surface area contributed by atoms with E-state index in [1.165, 1.54) is 49.8 Å². The van der Waals surface area contributed by atoms with Crippen LogP contribution in [-0.4, -0.2) is 48.1 Å². The number of hydrogen-bond acceptors (Lipinski definition) is 5. The number of pyridine rings is 2. The summed E-state index contributed by atoms with van der Waals surface area (Å²) in [5.41, 5.74) is 8.41. The van der Waals surface area contributed by atoms with Crippen LogP contribution >= 0.6 is 9.39 Å². The summed E-state index contributed by atoms with van der Waals surface area (Å²) < 4.78 is 18.1. The Hall–Kier alpha value is -4.34. The highest BCUT2D eigenvalue weighted by Crippen LogP contribution is 2.33. The fourth-order valence-electron chi connectivity index (χ4n) is 6.16. The van der Waals surface area contributed by atoms with Crippen LogP contribution in [0.2, 0.25) is 0 Å². The van der Waals surface area contributed by atoms with Crippen LogP contribution in [0, 0.1) is 18.7 Å². The van der Waals surface area contributed by atoms with Crippen molar-refractivity contribution >= 4 is 37.7 Å². The highest BCUT2D eigenvalue weighted by Gasteiger charge is 2.20. The highest BCUT2D eigenvalue weighted by atomic mass is 32.2. The van der Waals surface area contributed by atoms with Crippen LogP contribution in [0.5, 0.6) is 0 Å². The molecule has 0 atom stereocenters. The maximum Gasteiger partial charge on any atom is 0.181 e. The van der Waals surface area contributed by atoms with E-state index in [4.69, 9.17) is 4.98 Å². The Morgan fingerprint density at radius 3 is 2.62 bits per heavy atom. The number of halogens is 1. The molecule has 5 aromatic rings. The number of nitrogens with one attached hydrogen (secondary N) is 3. The van der Waals surface area contributed by atoms with Gasteiger partial charge in [0.15, 0.2) is 11.5 Å². The minimum absolute atomic E-state index is 0.326. The molecule has 4 heterocycles. The van der Waals surface area contributed by atoms with E-state index in [1.54, 1.807) is 6.08 Å². The van der Waals surface area contributed by atoms with Crippen molar-refractivity contribution < 1.29 is 4.39 Å². The van der Waals surface area contributed by atoms with Crippen molar-refractivity contribution in [1.82, 2.24) is 34.9 Å². The molecular formula is C36H40FN7S. The van der Waals surface area contributed by atoms with Crippen molar-refractivity contribution in [2.75, 3.05) is 6.26 Å². The van der Waals surface area contributed by atoms with Crippen molar-refractivity contribution in [2.24, 2.45) is 5.92 Å². The summed E-state index contributed by atoms with van der Waals surface area (Å²) in [4.78, 5) is 17.6. The number of nitrogens with zero attached hydrogens (tertiary/aromatic N) is 4. The lowest BCUT2D eigenvalue weighted by atomic mass is 9.85. The van der Waals surface area contributed by atoms with E-state index in [0.29, 0.717) is 29.3 Å². The first-order chi connectivity index (χ1) is 21.7. The number of H-pyrrole nitrogens is 2. The minimum Gasteiger partial charge on any atom is -0.340 e. The molecule has 0 bridgehead atoms. The molecule has 4 aromatic heterocycles. The Kier molecular flexibility index (Phi) is 8.83. The average Bonchev–Trinajstić information content (AvgIpc) is 3.61. The topological polar surface area (TPSA) is 95.2 Å². The summed E-state index contributed by atoms with van der Waals surface area (Å²) >= 11 is 0. The Bertz CT molecular complexity index is 1990. The van der Waals surface area contributed by atoms with Crippen LogP contribution in [-0.2, 0) is 13.0 Å². The Labute approximate surface area is 264 Å². The maximum absolute atomic E-state index is 14.8. The molecule has 45 heavy (non-hydrogen) atoms. The number of hydrogen-bond donors (Lipinski definition) is 3. The van der Waals surface area contributed by atoms with Gasteiger partial charge in [-0.25, -0.2) is 14.4 Å². The van der Waals surface area contributed by atoms with Gasteiger partial charge in [0.25, 0.3) is 0 Å². The van der Waals surface area contributed by atoms with Gasteiger partial charge in [-0.1, -0.05) is 62.6 Å². The Balaban J connectivity index is 1.33. The van der Waals surface area contributed by atoms with Gasteiger partial charge in [0.05, 0.1) is 11.1 Å². The standard InChI is InChI=1S/C36H40FN7S/c1-6-10-31(27-14-26(16-30(37)17-27)20-40-45(3,4)5)33-23(2)41-36(42-33)34-32-18-29(22-39-35(32)44-43-34)28-15-25(19-38-21-28)13-24-11-8-7-9-12-24/h6,10,14-19,21-22,24,40H,1,3-4,7-9,11-13,20H2,2,5H3,(H,41,42)(H,39,43,44)/b31-10-. The van der Waals surface area contributed by atoms with Crippen molar-refractivity contribution in [3.8, 4) is 22.6 Å². The molecule has 1 aliphatic rings. The number of aromatic nitrogens is 6.